The van der Waals surface area contributed by atoms with Crippen molar-refractivity contribution >= 4 is 19.4 Å². The van der Waals surface area contributed by atoms with E-state index in [4.69, 9.17) is 9.16 Å². The molecule has 0 amide bonds. The fourth-order valence-corrected chi connectivity index (χ4v) is 4.16. The molecule has 1 aromatic carbocycles. The van der Waals surface area contributed by atoms with Crippen molar-refractivity contribution in [1.29, 1.82) is 0 Å². The number of aryl methyl sites for hydroxylation is 1. The zero-order chi connectivity index (χ0) is 23.5. The lowest BCUT2D eigenvalue weighted by atomic mass is 10.2. The van der Waals surface area contributed by atoms with E-state index < -0.39 is 8.32 Å². The van der Waals surface area contributed by atoms with Gasteiger partial charge in [0.2, 0.25) is 0 Å². The maximum atomic E-state index is 10.6. The van der Waals surface area contributed by atoms with Crippen molar-refractivity contribution in [3.63, 3.8) is 0 Å². The van der Waals surface area contributed by atoms with Crippen molar-refractivity contribution in [2.75, 3.05) is 6.61 Å². The van der Waals surface area contributed by atoms with Gasteiger partial charge in [-0.15, -0.1) is 0 Å². The van der Waals surface area contributed by atoms with E-state index in [2.05, 4.69) is 56.8 Å². The summed E-state index contributed by atoms with van der Waals surface area (Å²) >= 11 is 0. The van der Waals surface area contributed by atoms with Gasteiger partial charge in [0.25, 0.3) is 6.01 Å². The number of ether oxygens (including phenoxy) is 1. The summed E-state index contributed by atoms with van der Waals surface area (Å²) in [5.74, 6) is 0.753. The molecular formula is C25H37N3O3Si. The third-order valence-corrected chi connectivity index (χ3v) is 10.8. The molecule has 0 bridgehead atoms. The Balaban J connectivity index is 1.89. The lowest BCUT2D eigenvalue weighted by Gasteiger charge is -2.36. The number of hydrogen-bond acceptors (Lipinski definition) is 5. The van der Waals surface area contributed by atoms with E-state index in [1.807, 2.05) is 31.2 Å². The standard InChI is InChI=1S/C25H37N3O3Si/c1-8-9-14-30-23-13-10-18(2)26-21(23)16-28-22-15-19(11-12-20(22)27-24(28)29)17-31-32(6,7)25(3,4)5/h10-13,15H,8-9,14,16-17H2,1-7H3,(H,27,29). The number of nitrogens with zero attached hydrogens (tertiary/aromatic N) is 3. The van der Waals surface area contributed by atoms with Crippen LogP contribution in [0.15, 0.2) is 30.3 Å². The molecular weight excluding hydrogens is 418 g/mol. The maximum absolute atomic E-state index is 10.6. The van der Waals surface area contributed by atoms with Crippen molar-refractivity contribution in [3.05, 3.63) is 47.3 Å². The van der Waals surface area contributed by atoms with Crippen LogP contribution in [0.2, 0.25) is 18.1 Å². The number of unbranched alkanes of at least 4 members (excludes halogenated alkanes) is 1. The molecule has 3 aromatic rings. The Bertz CT molecular complexity index is 1070. The minimum absolute atomic E-state index is 0.0229. The van der Waals surface area contributed by atoms with Gasteiger partial charge in [0.15, 0.2) is 8.32 Å². The monoisotopic (exact) mass is 455 g/mol. The molecule has 3 rings (SSSR count). The van der Waals surface area contributed by atoms with E-state index >= 15 is 0 Å². The topological polar surface area (TPSA) is 69.4 Å². The molecule has 0 aliphatic rings. The molecule has 2 heterocycles. The molecule has 0 saturated heterocycles. The number of fused-ring (bicyclic) bond motifs is 1. The number of rotatable bonds is 9. The van der Waals surface area contributed by atoms with Crippen LogP contribution in [-0.4, -0.2) is 34.6 Å². The van der Waals surface area contributed by atoms with Crippen molar-refractivity contribution in [2.45, 2.75) is 78.7 Å². The molecule has 2 aromatic heterocycles. The summed E-state index contributed by atoms with van der Waals surface area (Å²) in [5.41, 5.74) is 4.38. The molecule has 0 fully saturated rings. The summed E-state index contributed by atoms with van der Waals surface area (Å²) < 4.78 is 14.2. The second-order valence-electron chi connectivity index (χ2n) is 9.97. The Morgan fingerprint density at radius 2 is 1.84 bits per heavy atom. The maximum Gasteiger partial charge on any atom is 0.295 e. The molecule has 174 valence electrons. The van der Waals surface area contributed by atoms with Crippen LogP contribution in [0.5, 0.6) is 11.8 Å². The van der Waals surface area contributed by atoms with Crippen molar-refractivity contribution in [1.82, 2.24) is 14.5 Å². The second-order valence-corrected chi connectivity index (χ2v) is 14.8. The van der Waals surface area contributed by atoms with Crippen molar-refractivity contribution in [2.24, 2.45) is 0 Å². The number of aromatic nitrogens is 3. The zero-order valence-electron chi connectivity index (χ0n) is 20.5. The average molecular weight is 456 g/mol. The van der Waals surface area contributed by atoms with Gasteiger partial charge in [-0.1, -0.05) is 40.2 Å². The van der Waals surface area contributed by atoms with Crippen molar-refractivity contribution in [3.8, 4) is 11.8 Å². The lowest BCUT2D eigenvalue weighted by molar-refractivity contribution is 0.276. The first-order valence-corrected chi connectivity index (χ1v) is 14.3. The van der Waals surface area contributed by atoms with Gasteiger partial charge in [0.05, 0.1) is 30.8 Å². The van der Waals surface area contributed by atoms with Crippen LogP contribution in [-0.2, 0) is 17.6 Å². The molecule has 0 atom stereocenters. The number of pyridine rings is 1. The van der Waals surface area contributed by atoms with Crippen LogP contribution in [0.4, 0.5) is 0 Å². The number of aromatic hydroxyl groups is 1. The van der Waals surface area contributed by atoms with E-state index in [0.717, 1.165) is 46.6 Å². The smallest absolute Gasteiger partial charge is 0.295 e. The summed E-state index contributed by atoms with van der Waals surface area (Å²) in [6, 6.07) is 9.91. The van der Waals surface area contributed by atoms with Crippen LogP contribution in [0.3, 0.4) is 0 Å². The summed E-state index contributed by atoms with van der Waals surface area (Å²) in [6.45, 7) is 16.9. The normalized spacial score (nSPS) is 12.5. The first kappa shape index (κ1) is 24.3. The van der Waals surface area contributed by atoms with E-state index in [0.29, 0.717) is 19.8 Å². The van der Waals surface area contributed by atoms with Crippen LogP contribution < -0.4 is 4.74 Å². The third-order valence-electron chi connectivity index (χ3n) is 6.33. The van der Waals surface area contributed by atoms with Gasteiger partial charge in [-0.3, -0.25) is 9.55 Å². The van der Waals surface area contributed by atoms with Gasteiger partial charge < -0.3 is 14.3 Å². The fraction of sp³-hybridized carbons (Fsp3) is 0.520. The van der Waals surface area contributed by atoms with Crippen LogP contribution >= 0.6 is 0 Å². The van der Waals surface area contributed by atoms with E-state index in [-0.39, 0.29) is 11.0 Å². The summed E-state index contributed by atoms with van der Waals surface area (Å²) in [5, 5.41) is 10.7. The predicted molar refractivity (Wildman–Crippen MR) is 132 cm³/mol. The molecule has 0 spiro atoms. The summed E-state index contributed by atoms with van der Waals surface area (Å²) in [6.07, 6.45) is 2.06. The predicted octanol–water partition coefficient (Wildman–Crippen LogP) is 6.19. The van der Waals surface area contributed by atoms with Crippen molar-refractivity contribution < 1.29 is 14.3 Å². The van der Waals surface area contributed by atoms with Gasteiger partial charge in [-0.05, 0) is 61.3 Å². The number of hydrogen-bond donors (Lipinski definition) is 1. The van der Waals surface area contributed by atoms with Gasteiger partial charge in [-0.2, -0.15) is 4.98 Å². The first-order valence-electron chi connectivity index (χ1n) is 11.4. The fourth-order valence-electron chi connectivity index (χ4n) is 3.20. The quantitative estimate of drug-likeness (QED) is 0.307. The van der Waals surface area contributed by atoms with E-state index in [1.54, 1.807) is 4.57 Å². The first-order chi connectivity index (χ1) is 15.0. The molecule has 32 heavy (non-hydrogen) atoms. The Kier molecular flexibility index (Phi) is 7.30. The van der Waals surface area contributed by atoms with Gasteiger partial charge in [0.1, 0.15) is 11.4 Å². The molecule has 0 unspecified atom stereocenters. The van der Waals surface area contributed by atoms with Crippen LogP contribution in [0.1, 0.15) is 57.5 Å². The van der Waals surface area contributed by atoms with Gasteiger partial charge >= 0.3 is 0 Å². The largest absolute Gasteiger partial charge is 0.492 e. The second kappa shape index (κ2) is 9.63. The Morgan fingerprint density at radius 1 is 1.09 bits per heavy atom. The summed E-state index contributed by atoms with van der Waals surface area (Å²) in [4.78, 5) is 9.03. The molecule has 7 heteroatoms. The molecule has 0 saturated carbocycles. The highest BCUT2D eigenvalue weighted by Gasteiger charge is 2.37. The minimum Gasteiger partial charge on any atom is -0.492 e. The zero-order valence-corrected chi connectivity index (χ0v) is 21.5. The highest BCUT2D eigenvalue weighted by atomic mass is 28.4. The van der Waals surface area contributed by atoms with Crippen LogP contribution in [0, 0.1) is 6.92 Å². The molecule has 0 radical (unpaired) electrons. The summed E-state index contributed by atoms with van der Waals surface area (Å²) in [7, 11) is -1.85. The Hall–Kier alpha value is -2.38. The van der Waals surface area contributed by atoms with Gasteiger partial charge in [0, 0.05) is 5.69 Å². The van der Waals surface area contributed by atoms with E-state index in [9.17, 15) is 5.11 Å². The minimum atomic E-state index is -1.85. The van der Waals surface area contributed by atoms with Crippen LogP contribution in [0.25, 0.3) is 11.0 Å². The highest BCUT2D eigenvalue weighted by molar-refractivity contribution is 6.74. The van der Waals surface area contributed by atoms with Gasteiger partial charge in [-0.25, -0.2) is 0 Å². The molecule has 6 nitrogen and oxygen atoms in total. The van der Waals surface area contributed by atoms with E-state index in [1.165, 1.54) is 0 Å². The average Bonchev–Trinajstić information content (AvgIpc) is 3.02. The highest BCUT2D eigenvalue weighted by Crippen LogP contribution is 2.37. The molecule has 1 N–H and O–H groups in total. The Morgan fingerprint density at radius 3 is 2.53 bits per heavy atom. The molecule has 0 aliphatic carbocycles. The SMILES string of the molecule is CCCCOc1ccc(C)nc1Cn1c(O)nc2ccc(CO[Si](C)(C)C(C)(C)C)cc21. The number of benzene rings is 1. The Labute approximate surface area is 192 Å². The lowest BCUT2D eigenvalue weighted by Crippen LogP contribution is -2.40. The number of imidazole rings is 1. The molecule has 0 aliphatic heterocycles. The third kappa shape index (κ3) is 5.50.